The number of hydrogen-bond donors (Lipinski definition) is 2. The second kappa shape index (κ2) is 7.31. The molecule has 4 heteroatoms. The number of hydrogen-bond acceptors (Lipinski definition) is 4. The van der Waals surface area contributed by atoms with E-state index in [0.29, 0.717) is 5.92 Å². The first-order chi connectivity index (χ1) is 8.22. The Balaban J connectivity index is 2.45. The van der Waals surface area contributed by atoms with Gasteiger partial charge in [-0.05, 0) is 39.3 Å². The topological polar surface area (TPSA) is 44.7 Å². The summed E-state index contributed by atoms with van der Waals surface area (Å²) in [6, 6.07) is 0. The van der Waals surface area contributed by atoms with Gasteiger partial charge in [0.05, 0.1) is 18.8 Å². The van der Waals surface area contributed by atoms with Gasteiger partial charge in [-0.3, -0.25) is 4.90 Å². The molecule has 102 valence electrons. The zero-order valence-electron chi connectivity index (χ0n) is 11.5. The molecule has 0 amide bonds. The summed E-state index contributed by atoms with van der Waals surface area (Å²) in [7, 11) is 1.96. The van der Waals surface area contributed by atoms with Gasteiger partial charge in [-0.15, -0.1) is 0 Å². The molecule has 1 rings (SSSR count). The van der Waals surface area contributed by atoms with E-state index < -0.39 is 0 Å². The largest absolute Gasteiger partial charge is 0.394 e. The summed E-state index contributed by atoms with van der Waals surface area (Å²) in [6.45, 7) is 8.82. The highest BCUT2D eigenvalue weighted by molar-refractivity contribution is 5.02. The lowest BCUT2D eigenvalue weighted by Crippen LogP contribution is -2.57. The Morgan fingerprint density at radius 3 is 2.53 bits per heavy atom. The van der Waals surface area contributed by atoms with E-state index in [2.05, 4.69) is 17.1 Å². The van der Waals surface area contributed by atoms with Crippen LogP contribution in [0.25, 0.3) is 0 Å². The first kappa shape index (κ1) is 14.9. The Hall–Kier alpha value is -0.160. The molecular weight excluding hydrogens is 216 g/mol. The maximum Gasteiger partial charge on any atom is 0.0628 e. The fourth-order valence-electron chi connectivity index (χ4n) is 2.39. The van der Waals surface area contributed by atoms with Crippen molar-refractivity contribution in [3.8, 4) is 0 Å². The number of aliphatic hydroxyl groups is 1. The first-order valence-corrected chi connectivity index (χ1v) is 6.82. The first-order valence-electron chi connectivity index (χ1n) is 6.82. The molecule has 1 aliphatic carbocycles. The van der Waals surface area contributed by atoms with Crippen molar-refractivity contribution in [3.05, 3.63) is 0 Å². The van der Waals surface area contributed by atoms with Gasteiger partial charge in [-0.2, -0.15) is 0 Å². The molecule has 0 saturated heterocycles. The quantitative estimate of drug-likeness (QED) is 0.556. The summed E-state index contributed by atoms with van der Waals surface area (Å²) in [5.41, 5.74) is -0.109. The summed E-state index contributed by atoms with van der Waals surface area (Å²) in [4.78, 5) is 2.36. The van der Waals surface area contributed by atoms with E-state index in [1.807, 2.05) is 14.0 Å². The minimum absolute atomic E-state index is 0.109. The van der Waals surface area contributed by atoms with Gasteiger partial charge in [0.15, 0.2) is 0 Å². The van der Waals surface area contributed by atoms with E-state index in [1.165, 1.54) is 12.8 Å². The molecule has 0 radical (unpaired) electrons. The molecule has 0 spiro atoms. The molecule has 0 aliphatic heterocycles. The third-order valence-electron chi connectivity index (χ3n) is 3.85. The average Bonchev–Trinajstić information content (AvgIpc) is 3.19. The third kappa shape index (κ3) is 4.21. The van der Waals surface area contributed by atoms with Crippen LogP contribution < -0.4 is 5.32 Å². The van der Waals surface area contributed by atoms with Gasteiger partial charge in [0, 0.05) is 19.7 Å². The monoisotopic (exact) mass is 244 g/mol. The molecule has 1 atom stereocenters. The molecule has 1 unspecified atom stereocenters. The lowest BCUT2D eigenvalue weighted by Gasteiger charge is -2.37. The third-order valence-corrected chi connectivity index (χ3v) is 3.85. The second-order valence-corrected chi connectivity index (χ2v) is 4.90. The summed E-state index contributed by atoms with van der Waals surface area (Å²) in [5.74, 6) is 0.638. The zero-order valence-corrected chi connectivity index (χ0v) is 11.5. The van der Waals surface area contributed by atoms with Crippen molar-refractivity contribution in [2.24, 2.45) is 5.92 Å². The smallest absolute Gasteiger partial charge is 0.0628 e. The van der Waals surface area contributed by atoms with Gasteiger partial charge >= 0.3 is 0 Å². The van der Waals surface area contributed by atoms with E-state index in [0.717, 1.165) is 32.8 Å². The van der Waals surface area contributed by atoms with E-state index in [4.69, 9.17) is 4.74 Å². The number of rotatable bonds is 10. The Morgan fingerprint density at radius 2 is 2.12 bits per heavy atom. The second-order valence-electron chi connectivity index (χ2n) is 4.90. The van der Waals surface area contributed by atoms with Crippen LogP contribution in [-0.2, 0) is 4.74 Å². The number of nitrogens with zero attached hydrogens (tertiary/aromatic N) is 1. The predicted molar refractivity (Wildman–Crippen MR) is 70.2 cm³/mol. The average molecular weight is 244 g/mol. The van der Waals surface area contributed by atoms with E-state index in [-0.39, 0.29) is 12.1 Å². The minimum Gasteiger partial charge on any atom is -0.394 e. The summed E-state index contributed by atoms with van der Waals surface area (Å²) >= 11 is 0. The molecular formula is C13H28N2O2. The van der Waals surface area contributed by atoms with Crippen LogP contribution in [0.1, 0.15) is 26.7 Å². The van der Waals surface area contributed by atoms with Crippen LogP contribution in [0.5, 0.6) is 0 Å². The van der Waals surface area contributed by atoms with Gasteiger partial charge in [0.1, 0.15) is 0 Å². The molecule has 0 heterocycles. The van der Waals surface area contributed by atoms with Crippen LogP contribution in [0.4, 0.5) is 0 Å². The summed E-state index contributed by atoms with van der Waals surface area (Å²) < 4.78 is 5.40. The van der Waals surface area contributed by atoms with Gasteiger partial charge in [0.2, 0.25) is 0 Å². The lowest BCUT2D eigenvalue weighted by molar-refractivity contribution is 0.0713. The normalized spacial score (nSPS) is 19.6. The minimum atomic E-state index is -0.109. The van der Waals surface area contributed by atoms with Crippen LogP contribution in [0.2, 0.25) is 0 Å². The van der Waals surface area contributed by atoms with Crippen molar-refractivity contribution in [3.63, 3.8) is 0 Å². The predicted octanol–water partition coefficient (Wildman–Crippen LogP) is 0.705. The van der Waals surface area contributed by atoms with Crippen LogP contribution in [-0.4, -0.2) is 62.0 Å². The van der Waals surface area contributed by atoms with Crippen LogP contribution in [0, 0.1) is 5.92 Å². The van der Waals surface area contributed by atoms with Gasteiger partial charge in [-0.25, -0.2) is 0 Å². The number of nitrogens with one attached hydrogen (secondary N) is 1. The van der Waals surface area contributed by atoms with Crippen molar-refractivity contribution >= 4 is 0 Å². The van der Waals surface area contributed by atoms with Crippen LogP contribution >= 0.6 is 0 Å². The molecule has 4 nitrogen and oxygen atoms in total. The highest BCUT2D eigenvalue weighted by atomic mass is 16.5. The lowest BCUT2D eigenvalue weighted by atomic mass is 9.93. The highest BCUT2D eigenvalue weighted by Crippen LogP contribution is 2.39. The molecule has 0 bridgehead atoms. The Kier molecular flexibility index (Phi) is 6.41. The molecule has 2 N–H and O–H groups in total. The van der Waals surface area contributed by atoms with E-state index in [9.17, 15) is 5.11 Å². The zero-order chi connectivity index (χ0) is 12.7. The Labute approximate surface area is 105 Å². The van der Waals surface area contributed by atoms with Crippen LogP contribution in [0.15, 0.2) is 0 Å². The van der Waals surface area contributed by atoms with Crippen molar-refractivity contribution in [2.45, 2.75) is 32.2 Å². The fraction of sp³-hybridized carbons (Fsp3) is 1.00. The summed E-state index contributed by atoms with van der Waals surface area (Å²) in [5, 5.41) is 13.0. The highest BCUT2D eigenvalue weighted by Gasteiger charge is 2.44. The maximum atomic E-state index is 9.68. The van der Waals surface area contributed by atoms with Crippen molar-refractivity contribution in [1.82, 2.24) is 10.2 Å². The number of aliphatic hydroxyl groups excluding tert-OH is 1. The van der Waals surface area contributed by atoms with Gasteiger partial charge in [-0.1, -0.05) is 6.92 Å². The van der Waals surface area contributed by atoms with E-state index in [1.54, 1.807) is 0 Å². The molecule has 0 aromatic heterocycles. The fourth-order valence-corrected chi connectivity index (χ4v) is 2.39. The summed E-state index contributed by atoms with van der Waals surface area (Å²) in [6.07, 6.45) is 2.48. The van der Waals surface area contributed by atoms with Crippen molar-refractivity contribution < 1.29 is 9.84 Å². The molecule has 0 aromatic rings. The number of likely N-dealkylation sites (N-methyl/N-ethyl adjacent to an activating group) is 2. The molecule has 1 saturated carbocycles. The standard InChI is InChI=1S/C13H28N2O2/c1-4-15(8-9-17-5-2)10-13(11-16,14-3)12-6-7-12/h12,14,16H,4-11H2,1-3H3. The molecule has 1 fully saturated rings. The SMILES string of the molecule is CCOCCN(CC)CC(CO)(NC)C1CC1. The molecule has 0 aromatic carbocycles. The van der Waals surface area contributed by atoms with Gasteiger partial charge in [0.25, 0.3) is 0 Å². The maximum absolute atomic E-state index is 9.68. The molecule has 17 heavy (non-hydrogen) atoms. The van der Waals surface area contributed by atoms with Gasteiger partial charge < -0.3 is 15.2 Å². The molecule has 1 aliphatic rings. The van der Waals surface area contributed by atoms with Crippen molar-refractivity contribution in [1.29, 1.82) is 0 Å². The van der Waals surface area contributed by atoms with Crippen LogP contribution in [0.3, 0.4) is 0 Å². The Bertz CT molecular complexity index is 204. The Morgan fingerprint density at radius 1 is 1.41 bits per heavy atom. The van der Waals surface area contributed by atoms with E-state index >= 15 is 0 Å². The number of ether oxygens (including phenoxy) is 1. The van der Waals surface area contributed by atoms with Crippen molar-refractivity contribution in [2.75, 3.05) is 46.5 Å².